The van der Waals surface area contributed by atoms with Gasteiger partial charge in [-0.2, -0.15) is 0 Å². The van der Waals surface area contributed by atoms with Gasteiger partial charge in [0.25, 0.3) is 0 Å². The number of hydrogen-bond donors (Lipinski definition) is 3. The number of nitrogens with two attached hydrogens (primary N) is 1. The van der Waals surface area contributed by atoms with Gasteiger partial charge in [0.15, 0.2) is 0 Å². The summed E-state index contributed by atoms with van der Waals surface area (Å²) in [6.45, 7) is 6.03. The first kappa shape index (κ1) is 13.2. The number of hydrogen-bond acceptors (Lipinski definition) is 5. The van der Waals surface area contributed by atoms with Gasteiger partial charge < -0.3 is 16.4 Å². The third kappa shape index (κ3) is 3.05. The summed E-state index contributed by atoms with van der Waals surface area (Å²) in [6, 6.07) is 0. The lowest BCUT2D eigenvalue weighted by Crippen LogP contribution is -2.39. The number of amides is 1. The third-order valence-electron chi connectivity index (χ3n) is 2.66. The molecule has 6 heteroatoms. The highest BCUT2D eigenvalue weighted by Crippen LogP contribution is 2.19. The zero-order chi connectivity index (χ0) is 13.1. The summed E-state index contributed by atoms with van der Waals surface area (Å²) in [4.78, 5) is 19.6. The maximum atomic E-state index is 11.6. The van der Waals surface area contributed by atoms with Gasteiger partial charge in [-0.05, 0) is 20.8 Å². The number of carbonyl (C=O) groups is 1. The molecule has 1 rings (SSSR count). The average molecular weight is 237 g/mol. The second kappa shape index (κ2) is 4.99. The smallest absolute Gasteiger partial charge is 0.227 e. The van der Waals surface area contributed by atoms with Crippen LogP contribution in [0.1, 0.15) is 19.4 Å². The topological polar surface area (TPSA) is 92.9 Å². The highest BCUT2D eigenvalue weighted by Gasteiger charge is 2.26. The Morgan fingerprint density at radius 1 is 1.47 bits per heavy atom. The van der Waals surface area contributed by atoms with Crippen LogP contribution in [0, 0.1) is 12.3 Å². The molecule has 0 atom stereocenters. The molecule has 0 unspecified atom stereocenters. The van der Waals surface area contributed by atoms with Crippen LogP contribution in [0.5, 0.6) is 0 Å². The van der Waals surface area contributed by atoms with E-state index in [9.17, 15) is 4.79 Å². The van der Waals surface area contributed by atoms with Crippen molar-refractivity contribution in [3.05, 3.63) is 11.9 Å². The largest absolute Gasteiger partial charge is 0.383 e. The highest BCUT2D eigenvalue weighted by molar-refractivity contribution is 5.82. The average Bonchev–Trinajstić information content (AvgIpc) is 2.30. The molecule has 0 aliphatic rings. The summed E-state index contributed by atoms with van der Waals surface area (Å²) in [7, 11) is 1.62. The van der Waals surface area contributed by atoms with Crippen LogP contribution in [-0.4, -0.2) is 29.5 Å². The van der Waals surface area contributed by atoms with E-state index in [0.717, 1.165) is 5.56 Å². The maximum Gasteiger partial charge on any atom is 0.227 e. The lowest BCUT2D eigenvalue weighted by molar-refractivity contribution is -0.128. The molecular formula is C11H19N5O. The first-order valence-electron chi connectivity index (χ1n) is 5.41. The minimum atomic E-state index is -0.513. The Kier molecular flexibility index (Phi) is 3.88. The van der Waals surface area contributed by atoms with E-state index in [4.69, 9.17) is 5.73 Å². The quantitative estimate of drug-likeness (QED) is 0.711. The Balaban J connectivity index is 2.74. The van der Waals surface area contributed by atoms with Crippen molar-refractivity contribution >= 4 is 17.5 Å². The number of nitrogens with one attached hydrogen (secondary N) is 2. The lowest BCUT2D eigenvalue weighted by Gasteiger charge is -2.23. The van der Waals surface area contributed by atoms with Crippen molar-refractivity contribution in [1.29, 1.82) is 0 Å². The van der Waals surface area contributed by atoms with E-state index < -0.39 is 5.41 Å². The molecule has 1 aromatic heterocycles. The number of carbonyl (C=O) groups excluding carboxylic acids is 1. The van der Waals surface area contributed by atoms with Crippen LogP contribution >= 0.6 is 0 Å². The molecule has 0 saturated carbocycles. The monoisotopic (exact) mass is 237 g/mol. The molecule has 0 fully saturated rings. The molecule has 4 N–H and O–H groups in total. The highest BCUT2D eigenvalue weighted by atomic mass is 16.2. The van der Waals surface area contributed by atoms with Crippen molar-refractivity contribution in [2.45, 2.75) is 20.8 Å². The van der Waals surface area contributed by atoms with Crippen LogP contribution in [0.3, 0.4) is 0 Å². The molecule has 17 heavy (non-hydrogen) atoms. The van der Waals surface area contributed by atoms with Gasteiger partial charge in [-0.25, -0.2) is 9.97 Å². The standard InChI is InChI=1S/C11H19N5O/c1-7-8(12)15-6-16-9(7)14-5-11(2,3)10(17)13-4/h6H,5H2,1-4H3,(H,13,17)(H3,12,14,15,16). The zero-order valence-electron chi connectivity index (χ0n) is 10.7. The molecule has 0 aromatic carbocycles. The van der Waals surface area contributed by atoms with E-state index in [0.29, 0.717) is 18.2 Å². The third-order valence-corrected chi connectivity index (χ3v) is 2.66. The molecule has 0 spiro atoms. The Hall–Kier alpha value is -1.85. The Morgan fingerprint density at radius 3 is 2.71 bits per heavy atom. The Labute approximate surface area is 101 Å². The summed E-state index contributed by atoms with van der Waals surface area (Å²) < 4.78 is 0. The molecule has 0 aliphatic carbocycles. The Morgan fingerprint density at radius 2 is 2.12 bits per heavy atom. The van der Waals surface area contributed by atoms with Gasteiger partial charge in [0.1, 0.15) is 18.0 Å². The van der Waals surface area contributed by atoms with Crippen LogP contribution in [-0.2, 0) is 4.79 Å². The Bertz CT molecular complexity index is 416. The van der Waals surface area contributed by atoms with Gasteiger partial charge in [-0.3, -0.25) is 4.79 Å². The molecule has 0 radical (unpaired) electrons. The molecule has 6 nitrogen and oxygen atoms in total. The van der Waals surface area contributed by atoms with Crippen LogP contribution in [0.25, 0.3) is 0 Å². The molecule has 0 aliphatic heterocycles. The van der Waals surface area contributed by atoms with E-state index >= 15 is 0 Å². The summed E-state index contributed by atoms with van der Waals surface area (Å²) in [6.07, 6.45) is 1.40. The van der Waals surface area contributed by atoms with Crippen molar-refractivity contribution in [1.82, 2.24) is 15.3 Å². The van der Waals surface area contributed by atoms with E-state index in [1.165, 1.54) is 6.33 Å². The number of nitrogen functional groups attached to an aromatic ring is 1. The number of anilines is 2. The van der Waals surface area contributed by atoms with Crippen molar-refractivity contribution in [3.63, 3.8) is 0 Å². The fraction of sp³-hybridized carbons (Fsp3) is 0.545. The van der Waals surface area contributed by atoms with Crippen molar-refractivity contribution < 1.29 is 4.79 Å². The van der Waals surface area contributed by atoms with Crippen molar-refractivity contribution in [2.24, 2.45) is 5.41 Å². The molecular weight excluding hydrogens is 218 g/mol. The fourth-order valence-electron chi connectivity index (χ4n) is 1.37. The summed E-state index contributed by atoms with van der Waals surface area (Å²) >= 11 is 0. The SMILES string of the molecule is CNC(=O)C(C)(C)CNc1ncnc(N)c1C. The fourth-order valence-corrected chi connectivity index (χ4v) is 1.37. The van der Waals surface area contributed by atoms with E-state index in [1.807, 2.05) is 20.8 Å². The summed E-state index contributed by atoms with van der Waals surface area (Å²) in [5.41, 5.74) is 5.95. The predicted molar refractivity (Wildman–Crippen MR) is 67.5 cm³/mol. The number of nitrogens with zero attached hydrogens (tertiary/aromatic N) is 2. The van der Waals surface area contributed by atoms with Gasteiger partial charge in [0.2, 0.25) is 5.91 Å². The maximum absolute atomic E-state index is 11.6. The van der Waals surface area contributed by atoms with E-state index in [2.05, 4.69) is 20.6 Å². The number of aromatic nitrogens is 2. The van der Waals surface area contributed by atoms with Crippen molar-refractivity contribution in [3.8, 4) is 0 Å². The lowest BCUT2D eigenvalue weighted by atomic mass is 9.92. The second-order valence-corrected chi connectivity index (χ2v) is 4.55. The minimum absolute atomic E-state index is 0.0234. The molecule has 1 amide bonds. The minimum Gasteiger partial charge on any atom is -0.383 e. The van der Waals surface area contributed by atoms with Crippen LogP contribution < -0.4 is 16.4 Å². The van der Waals surface area contributed by atoms with Gasteiger partial charge in [-0.1, -0.05) is 0 Å². The van der Waals surface area contributed by atoms with E-state index in [1.54, 1.807) is 7.05 Å². The normalized spacial score (nSPS) is 11.1. The van der Waals surface area contributed by atoms with Crippen LogP contribution in [0.15, 0.2) is 6.33 Å². The zero-order valence-corrected chi connectivity index (χ0v) is 10.7. The molecule has 94 valence electrons. The predicted octanol–water partition coefficient (Wildman–Crippen LogP) is 0.551. The van der Waals surface area contributed by atoms with Gasteiger partial charge in [0.05, 0.1) is 5.41 Å². The molecule has 0 bridgehead atoms. The molecule has 0 saturated heterocycles. The number of rotatable bonds is 4. The molecule has 1 aromatic rings. The summed E-state index contributed by atoms with van der Waals surface area (Å²) in [5.74, 6) is 1.08. The van der Waals surface area contributed by atoms with Gasteiger partial charge >= 0.3 is 0 Å². The molecule has 1 heterocycles. The van der Waals surface area contributed by atoms with Gasteiger partial charge in [-0.15, -0.1) is 0 Å². The first-order chi connectivity index (χ1) is 7.88. The second-order valence-electron chi connectivity index (χ2n) is 4.55. The van der Waals surface area contributed by atoms with E-state index in [-0.39, 0.29) is 5.91 Å². The van der Waals surface area contributed by atoms with Crippen LogP contribution in [0.4, 0.5) is 11.6 Å². The summed E-state index contributed by atoms with van der Waals surface area (Å²) in [5, 5.41) is 5.75. The van der Waals surface area contributed by atoms with Gasteiger partial charge in [0, 0.05) is 19.2 Å². The van der Waals surface area contributed by atoms with Crippen molar-refractivity contribution in [2.75, 3.05) is 24.6 Å². The first-order valence-corrected chi connectivity index (χ1v) is 5.41. The van der Waals surface area contributed by atoms with Crippen LogP contribution in [0.2, 0.25) is 0 Å².